The molecule has 0 saturated carbocycles. The molecule has 0 unspecified atom stereocenters. The van der Waals surface area contributed by atoms with Crippen molar-refractivity contribution in [3.05, 3.63) is 71.8 Å². The molecule has 2 amide bonds. The van der Waals surface area contributed by atoms with E-state index in [4.69, 9.17) is 4.74 Å². The van der Waals surface area contributed by atoms with Gasteiger partial charge >= 0.3 is 5.97 Å². The number of ether oxygens (including phenoxy) is 1. The predicted octanol–water partition coefficient (Wildman–Crippen LogP) is 1.86. The van der Waals surface area contributed by atoms with Gasteiger partial charge in [-0.1, -0.05) is 48.5 Å². The summed E-state index contributed by atoms with van der Waals surface area (Å²) in [5, 5.41) is 0. The summed E-state index contributed by atoms with van der Waals surface area (Å²) in [6.07, 6.45) is -0.124. The molecule has 2 heterocycles. The first-order valence-electron chi connectivity index (χ1n) is 9.00. The average Bonchev–Trinajstić information content (AvgIpc) is 3.12. The van der Waals surface area contributed by atoms with Gasteiger partial charge in [-0.2, -0.15) is 0 Å². The Hall–Kier alpha value is -3.15. The van der Waals surface area contributed by atoms with Gasteiger partial charge in [0.05, 0.1) is 12.1 Å². The minimum Gasteiger partial charge on any atom is -0.457 e. The van der Waals surface area contributed by atoms with E-state index in [1.54, 1.807) is 34.1 Å². The highest BCUT2D eigenvalue weighted by atomic mass is 16.5. The molecule has 2 aliphatic heterocycles. The molecule has 0 aromatic heterocycles. The zero-order valence-electron chi connectivity index (χ0n) is 14.8. The predicted molar refractivity (Wildman–Crippen MR) is 97.6 cm³/mol. The number of benzene rings is 2. The number of amides is 2. The first-order chi connectivity index (χ1) is 13.1. The van der Waals surface area contributed by atoms with Crippen molar-refractivity contribution in [2.45, 2.75) is 25.1 Å². The highest BCUT2D eigenvalue weighted by Gasteiger charge is 2.46. The number of rotatable bonds is 4. The molecule has 2 fully saturated rings. The van der Waals surface area contributed by atoms with Gasteiger partial charge < -0.3 is 14.5 Å². The Morgan fingerprint density at radius 2 is 1.67 bits per heavy atom. The maximum atomic E-state index is 12.8. The number of esters is 1. The maximum Gasteiger partial charge on any atom is 0.338 e. The van der Waals surface area contributed by atoms with Crippen LogP contribution in [0, 0.1) is 0 Å². The molecule has 2 atom stereocenters. The van der Waals surface area contributed by atoms with Crippen LogP contribution in [0.3, 0.4) is 0 Å². The van der Waals surface area contributed by atoms with Gasteiger partial charge in [0, 0.05) is 13.0 Å². The van der Waals surface area contributed by atoms with E-state index in [9.17, 15) is 14.4 Å². The molecule has 138 valence electrons. The van der Waals surface area contributed by atoms with Gasteiger partial charge in [0.1, 0.15) is 18.7 Å². The second-order valence-corrected chi connectivity index (χ2v) is 6.87. The van der Waals surface area contributed by atoms with Gasteiger partial charge in [-0.15, -0.1) is 0 Å². The molecule has 27 heavy (non-hydrogen) atoms. The standard InChI is InChI=1S/C21H20N2O4/c24-19-14-22(12-15-7-3-1-4-8-15)20(25)18-11-17(13-23(18)19)27-21(26)16-9-5-2-6-10-16/h1-10,17-18H,11-14H2/t17-,18-/m0/s1. The SMILES string of the molecule is O=C(O[C@H]1C[C@H]2C(=O)N(Cc3ccccc3)CC(=O)N2C1)c1ccccc1. The fourth-order valence-electron chi connectivity index (χ4n) is 3.67. The molecule has 6 heteroatoms. The van der Waals surface area contributed by atoms with Gasteiger partial charge in [-0.05, 0) is 17.7 Å². The smallest absolute Gasteiger partial charge is 0.338 e. The molecule has 0 spiro atoms. The molecule has 4 rings (SSSR count). The van der Waals surface area contributed by atoms with Crippen LogP contribution < -0.4 is 0 Å². The van der Waals surface area contributed by atoms with Crippen molar-refractivity contribution in [1.82, 2.24) is 9.80 Å². The van der Waals surface area contributed by atoms with Crippen LogP contribution in [0.5, 0.6) is 0 Å². The van der Waals surface area contributed by atoms with E-state index in [2.05, 4.69) is 0 Å². The van der Waals surface area contributed by atoms with Crippen LogP contribution >= 0.6 is 0 Å². The van der Waals surface area contributed by atoms with Crippen molar-refractivity contribution in [1.29, 1.82) is 0 Å². The monoisotopic (exact) mass is 364 g/mol. The van der Waals surface area contributed by atoms with Crippen molar-refractivity contribution < 1.29 is 19.1 Å². The van der Waals surface area contributed by atoms with Crippen molar-refractivity contribution in [3.8, 4) is 0 Å². The summed E-state index contributed by atoms with van der Waals surface area (Å²) < 4.78 is 5.54. The summed E-state index contributed by atoms with van der Waals surface area (Å²) in [5.41, 5.74) is 1.45. The third-order valence-electron chi connectivity index (χ3n) is 5.01. The van der Waals surface area contributed by atoms with Crippen molar-refractivity contribution in [2.24, 2.45) is 0 Å². The van der Waals surface area contributed by atoms with E-state index in [-0.39, 0.29) is 24.9 Å². The molecule has 6 nitrogen and oxygen atoms in total. The average molecular weight is 364 g/mol. The summed E-state index contributed by atoms with van der Waals surface area (Å²) in [5.74, 6) is -0.619. The van der Waals surface area contributed by atoms with E-state index in [1.165, 1.54) is 0 Å². The van der Waals surface area contributed by atoms with Crippen LogP contribution in [-0.2, 0) is 20.9 Å². The Labute approximate surface area is 157 Å². The Bertz CT molecular complexity index is 853. The highest BCUT2D eigenvalue weighted by Crippen LogP contribution is 2.27. The van der Waals surface area contributed by atoms with Crippen molar-refractivity contribution in [3.63, 3.8) is 0 Å². The largest absolute Gasteiger partial charge is 0.457 e. The van der Waals surface area contributed by atoms with Crippen LogP contribution in [0.1, 0.15) is 22.3 Å². The van der Waals surface area contributed by atoms with E-state index in [1.807, 2.05) is 36.4 Å². The molecular formula is C21H20N2O4. The number of carbonyl (C=O) groups excluding carboxylic acids is 3. The van der Waals surface area contributed by atoms with E-state index in [0.717, 1.165) is 5.56 Å². The van der Waals surface area contributed by atoms with E-state index < -0.39 is 18.1 Å². The third-order valence-corrected chi connectivity index (χ3v) is 5.01. The summed E-state index contributed by atoms with van der Waals surface area (Å²) in [6.45, 7) is 0.737. The topological polar surface area (TPSA) is 66.9 Å². The minimum absolute atomic E-state index is 0.0591. The Morgan fingerprint density at radius 1 is 1.00 bits per heavy atom. The molecule has 2 aliphatic rings. The molecule has 2 aromatic carbocycles. The lowest BCUT2D eigenvalue weighted by Crippen LogP contribution is -2.56. The molecule has 0 bridgehead atoms. The minimum atomic E-state index is -0.552. The Kier molecular flexibility index (Phi) is 4.62. The van der Waals surface area contributed by atoms with Crippen molar-refractivity contribution >= 4 is 17.8 Å². The van der Waals surface area contributed by atoms with Crippen LogP contribution in [0.4, 0.5) is 0 Å². The van der Waals surface area contributed by atoms with Crippen molar-refractivity contribution in [2.75, 3.05) is 13.1 Å². The number of hydrogen-bond acceptors (Lipinski definition) is 4. The van der Waals surface area contributed by atoms with Crippen LogP contribution in [0.15, 0.2) is 60.7 Å². The summed E-state index contributed by atoms with van der Waals surface area (Å²) in [7, 11) is 0. The number of nitrogens with zero attached hydrogens (tertiary/aromatic N) is 2. The lowest BCUT2D eigenvalue weighted by Gasteiger charge is -2.36. The zero-order chi connectivity index (χ0) is 18.8. The third kappa shape index (κ3) is 3.56. The number of carbonyl (C=O) groups is 3. The highest BCUT2D eigenvalue weighted by molar-refractivity contribution is 5.95. The number of hydrogen-bond donors (Lipinski definition) is 0. The summed E-state index contributed by atoms with van der Waals surface area (Å²) in [4.78, 5) is 40.8. The fraction of sp³-hybridized carbons (Fsp3) is 0.286. The summed E-state index contributed by atoms with van der Waals surface area (Å²) in [6, 6.07) is 17.8. The van der Waals surface area contributed by atoms with Gasteiger partial charge in [-0.25, -0.2) is 4.79 Å². The molecule has 0 aliphatic carbocycles. The van der Waals surface area contributed by atoms with Gasteiger partial charge in [0.15, 0.2) is 0 Å². The molecule has 2 aromatic rings. The lowest BCUT2D eigenvalue weighted by molar-refractivity contribution is -0.154. The molecule has 2 saturated heterocycles. The maximum absolute atomic E-state index is 12.8. The quantitative estimate of drug-likeness (QED) is 0.777. The van der Waals surface area contributed by atoms with E-state index in [0.29, 0.717) is 18.5 Å². The van der Waals surface area contributed by atoms with Gasteiger partial charge in [0.25, 0.3) is 0 Å². The first kappa shape index (κ1) is 17.3. The first-order valence-corrected chi connectivity index (χ1v) is 9.00. The number of piperazine rings is 1. The second kappa shape index (κ2) is 7.23. The number of fused-ring (bicyclic) bond motifs is 1. The zero-order valence-corrected chi connectivity index (χ0v) is 14.8. The van der Waals surface area contributed by atoms with Crippen LogP contribution in [0.2, 0.25) is 0 Å². The van der Waals surface area contributed by atoms with E-state index >= 15 is 0 Å². The Morgan fingerprint density at radius 3 is 2.37 bits per heavy atom. The van der Waals surface area contributed by atoms with Gasteiger partial charge in [-0.3, -0.25) is 9.59 Å². The molecule has 0 radical (unpaired) electrons. The second-order valence-electron chi connectivity index (χ2n) is 6.87. The fourth-order valence-corrected chi connectivity index (χ4v) is 3.67. The molecule has 0 N–H and O–H groups in total. The molecular weight excluding hydrogens is 344 g/mol. The lowest BCUT2D eigenvalue weighted by atomic mass is 10.1. The normalized spacial score (nSPS) is 21.9. The Balaban J connectivity index is 1.43. The van der Waals surface area contributed by atoms with Crippen LogP contribution in [-0.4, -0.2) is 52.8 Å². The van der Waals surface area contributed by atoms with Gasteiger partial charge in [0.2, 0.25) is 11.8 Å². The van der Waals surface area contributed by atoms with Crippen LogP contribution in [0.25, 0.3) is 0 Å². The summed E-state index contributed by atoms with van der Waals surface area (Å²) >= 11 is 0.